The van der Waals surface area contributed by atoms with Crippen LogP contribution < -0.4 is 21.3 Å². The number of benzene rings is 4. The predicted octanol–water partition coefficient (Wildman–Crippen LogP) is 12.7. The molecule has 4 heterocycles. The van der Waals surface area contributed by atoms with Crippen LogP contribution in [0.5, 0.6) is 0 Å². The number of carbonyl (C=O) groups is 3. The van der Waals surface area contributed by atoms with Crippen molar-refractivity contribution in [2.75, 3.05) is 22.5 Å². The summed E-state index contributed by atoms with van der Waals surface area (Å²) in [5.74, 6) is 0.767. The minimum atomic E-state index is -0.633. The molecule has 14 nitrogen and oxygen atoms in total. The minimum absolute atomic E-state index is 0.208. The van der Waals surface area contributed by atoms with Gasteiger partial charge in [-0.3, -0.25) is 14.9 Å². The molecule has 0 spiro atoms. The number of ether oxygens (including phenoxy) is 1. The Balaban J connectivity index is 1.04. The van der Waals surface area contributed by atoms with Gasteiger partial charge >= 0.3 is 6.09 Å². The van der Waals surface area contributed by atoms with Gasteiger partial charge in [-0.2, -0.15) is 0 Å². The number of rotatable bonds is 15. The highest BCUT2D eigenvalue weighted by atomic mass is 32.2. The zero-order valence-electron chi connectivity index (χ0n) is 39.5. The van der Waals surface area contributed by atoms with E-state index in [-0.39, 0.29) is 24.2 Å². The molecule has 0 bridgehead atoms. The molecule has 0 radical (unpaired) electrons. The van der Waals surface area contributed by atoms with E-state index < -0.39 is 17.6 Å². The number of Topliss-reactive ketones (excluding diaryl/α,β-unsaturated/α-hetero) is 1. The zero-order chi connectivity index (χ0) is 48.8. The number of pyridine rings is 2. The molecule has 4 N–H and O–H groups in total. The van der Waals surface area contributed by atoms with Crippen molar-refractivity contribution in [3.8, 4) is 0 Å². The van der Waals surface area contributed by atoms with Gasteiger partial charge in [-0.1, -0.05) is 75.0 Å². The molecular formula is C53H52N10O4S2. The second-order valence-corrected chi connectivity index (χ2v) is 20.1. The maximum absolute atomic E-state index is 14.0. The third-order valence-corrected chi connectivity index (χ3v) is 12.8. The van der Waals surface area contributed by atoms with Crippen molar-refractivity contribution in [3.63, 3.8) is 0 Å². The Labute approximate surface area is 409 Å². The van der Waals surface area contributed by atoms with Gasteiger partial charge in [0, 0.05) is 47.8 Å². The molecule has 69 heavy (non-hydrogen) atoms. The maximum atomic E-state index is 14.0. The number of carbonyl (C=O) groups excluding carboxylic acids is 3. The lowest BCUT2D eigenvalue weighted by molar-refractivity contribution is 0.0635. The van der Waals surface area contributed by atoms with Crippen molar-refractivity contribution >= 4 is 92.1 Å². The Morgan fingerprint density at radius 2 is 1.10 bits per heavy atom. The first-order valence-corrected chi connectivity index (χ1v) is 24.1. The van der Waals surface area contributed by atoms with E-state index in [0.29, 0.717) is 56.5 Å². The molecule has 0 saturated heterocycles. The summed E-state index contributed by atoms with van der Waals surface area (Å²) in [6.45, 7) is 15.5. The molecule has 0 atom stereocenters. The topological polar surface area (TPSA) is 186 Å². The maximum Gasteiger partial charge on any atom is 0.412 e. The van der Waals surface area contributed by atoms with Gasteiger partial charge in [0.25, 0.3) is 5.91 Å². The second kappa shape index (κ2) is 20.8. The van der Waals surface area contributed by atoms with Crippen LogP contribution in [0.3, 0.4) is 0 Å². The Bertz CT molecular complexity index is 3200. The summed E-state index contributed by atoms with van der Waals surface area (Å²) >= 11 is 3.01. The van der Waals surface area contributed by atoms with Gasteiger partial charge in [0.05, 0.1) is 28.7 Å². The number of nitrogens with one attached hydrogen (secondary N) is 4. The summed E-state index contributed by atoms with van der Waals surface area (Å²) in [6, 6.07) is 34.2. The first kappa shape index (κ1) is 48.0. The van der Waals surface area contributed by atoms with Crippen LogP contribution in [0.1, 0.15) is 98.0 Å². The lowest BCUT2D eigenvalue weighted by atomic mass is 10.1. The monoisotopic (exact) mass is 956 g/mol. The van der Waals surface area contributed by atoms with E-state index in [4.69, 9.17) is 14.7 Å². The average Bonchev–Trinajstić information content (AvgIpc) is 3.32. The summed E-state index contributed by atoms with van der Waals surface area (Å²) in [6.07, 6.45) is 2.39. The Kier molecular flexibility index (Phi) is 14.5. The summed E-state index contributed by atoms with van der Waals surface area (Å²) in [5.41, 5.74) is 6.01. The molecule has 8 aromatic rings. The summed E-state index contributed by atoms with van der Waals surface area (Å²) in [4.78, 5) is 71.4. The molecule has 0 unspecified atom stereocenters. The number of hydrogen-bond donors (Lipinski definition) is 4. The van der Waals surface area contributed by atoms with Crippen molar-refractivity contribution < 1.29 is 19.1 Å². The third-order valence-electron chi connectivity index (χ3n) is 10.7. The van der Waals surface area contributed by atoms with Gasteiger partial charge in [0.15, 0.2) is 17.1 Å². The van der Waals surface area contributed by atoms with E-state index in [0.717, 1.165) is 41.9 Å². The quantitative estimate of drug-likeness (QED) is 0.0711. The van der Waals surface area contributed by atoms with Crippen LogP contribution in [0.25, 0.3) is 22.1 Å². The number of anilines is 5. The summed E-state index contributed by atoms with van der Waals surface area (Å²) in [7, 11) is 0. The number of hydrogen-bond acceptors (Lipinski definition) is 14. The van der Waals surface area contributed by atoms with Crippen molar-refractivity contribution in [3.05, 3.63) is 150 Å². The molecule has 0 aliphatic rings. The fraction of sp³-hybridized carbons (Fsp3) is 0.226. The highest BCUT2D eigenvalue weighted by Gasteiger charge is 2.20. The largest absolute Gasteiger partial charge is 0.444 e. The summed E-state index contributed by atoms with van der Waals surface area (Å²) in [5, 5.41) is 14.0. The van der Waals surface area contributed by atoms with Crippen LogP contribution in [0.15, 0.2) is 141 Å². The number of amides is 2. The lowest BCUT2D eigenvalue weighted by Gasteiger charge is -2.19. The normalized spacial score (nSPS) is 11.5. The van der Waals surface area contributed by atoms with E-state index in [9.17, 15) is 14.4 Å². The first-order valence-electron chi connectivity index (χ1n) is 22.4. The molecule has 0 saturated carbocycles. The molecule has 8 rings (SSSR count). The Morgan fingerprint density at radius 3 is 1.61 bits per heavy atom. The first-order chi connectivity index (χ1) is 33.0. The van der Waals surface area contributed by atoms with Gasteiger partial charge in [0.2, 0.25) is 0 Å². The van der Waals surface area contributed by atoms with Crippen LogP contribution in [-0.2, 0) is 4.74 Å². The highest BCUT2D eigenvalue weighted by Crippen LogP contribution is 2.39. The third kappa shape index (κ3) is 12.2. The summed E-state index contributed by atoms with van der Waals surface area (Å²) < 4.78 is 5.40. The number of nitrogens with zero attached hydrogens (tertiary/aromatic N) is 6. The van der Waals surface area contributed by atoms with E-state index >= 15 is 0 Å². The standard InChI is InChI=1S/C53H52N10O4S2/c1-30(2)40-21-19-38-47(60-40)55-28-57-49(38)62-42-25-33(11-23-45(42)69-37-17-13-35(14-18-37)59-52(66)67-53(6,7)8)44(64)27-54-51(65)34-12-24-46(68-36-15-9-32(5)10-16-36)43(26-34)63-50-39-20-22-41(31(3)4)61-48(39)56-29-58-50/h9-26,28-31H,27H2,1-8H3,(H,54,65)(H,59,66)(H,55,57,60,62)(H,56,58,61,63). The fourth-order valence-electron chi connectivity index (χ4n) is 7.01. The van der Waals surface area contributed by atoms with Crippen molar-refractivity contribution in [1.82, 2.24) is 35.2 Å². The molecule has 350 valence electrons. The van der Waals surface area contributed by atoms with E-state index in [1.165, 1.54) is 24.4 Å². The van der Waals surface area contributed by atoms with Crippen molar-refractivity contribution in [1.29, 1.82) is 0 Å². The molecule has 0 fully saturated rings. The van der Waals surface area contributed by atoms with Crippen LogP contribution in [0.4, 0.5) is 33.5 Å². The SMILES string of the molecule is Cc1ccc(Sc2ccc(C(=O)NCC(=O)c3ccc(Sc4ccc(NC(=O)OC(C)(C)C)cc4)c(Nc4ncnc5nc(C(C)C)ccc45)c3)cc2Nc2ncnc3nc(C(C)C)ccc23)cc1. The van der Waals surface area contributed by atoms with Gasteiger partial charge in [-0.05, 0) is 131 Å². The molecule has 16 heteroatoms. The highest BCUT2D eigenvalue weighted by molar-refractivity contribution is 7.99. The van der Waals surface area contributed by atoms with Crippen molar-refractivity contribution in [2.45, 2.75) is 92.4 Å². The second-order valence-electron chi connectivity index (χ2n) is 17.9. The van der Waals surface area contributed by atoms with Crippen LogP contribution in [-0.4, -0.2) is 59.8 Å². The molecule has 0 aliphatic heterocycles. The van der Waals surface area contributed by atoms with Crippen LogP contribution in [0.2, 0.25) is 0 Å². The molecule has 2 amide bonds. The fourth-order valence-corrected chi connectivity index (χ4v) is 8.78. The number of aryl methyl sites for hydroxylation is 1. The number of ketones is 1. The number of aromatic nitrogens is 6. The van der Waals surface area contributed by atoms with Crippen LogP contribution in [0, 0.1) is 6.92 Å². The zero-order valence-corrected chi connectivity index (χ0v) is 41.2. The van der Waals surface area contributed by atoms with Crippen molar-refractivity contribution in [2.24, 2.45) is 0 Å². The van der Waals surface area contributed by atoms with Gasteiger partial charge in [0.1, 0.15) is 29.9 Å². The van der Waals surface area contributed by atoms with E-state index in [2.05, 4.69) is 93.2 Å². The lowest BCUT2D eigenvalue weighted by Crippen LogP contribution is -2.29. The van der Waals surface area contributed by atoms with Gasteiger partial charge < -0.3 is 20.7 Å². The van der Waals surface area contributed by atoms with Gasteiger partial charge in [-0.25, -0.2) is 34.7 Å². The average molecular weight is 957 g/mol. The molecular weight excluding hydrogens is 905 g/mol. The van der Waals surface area contributed by atoms with E-state index in [1.807, 2.05) is 55.5 Å². The van der Waals surface area contributed by atoms with Crippen LogP contribution >= 0.6 is 23.5 Å². The smallest absolute Gasteiger partial charge is 0.412 e. The Morgan fingerprint density at radius 1 is 0.609 bits per heavy atom. The Hall–Kier alpha value is -7.43. The van der Waals surface area contributed by atoms with Gasteiger partial charge in [-0.15, -0.1) is 0 Å². The molecule has 4 aromatic carbocycles. The van der Waals surface area contributed by atoms with E-state index in [1.54, 1.807) is 68.9 Å². The minimum Gasteiger partial charge on any atom is -0.444 e. The predicted molar refractivity (Wildman–Crippen MR) is 275 cm³/mol. The molecule has 4 aromatic heterocycles. The molecule has 0 aliphatic carbocycles. The number of fused-ring (bicyclic) bond motifs is 2.